The summed E-state index contributed by atoms with van der Waals surface area (Å²) in [6.45, 7) is 7.01. The van der Waals surface area contributed by atoms with Crippen molar-refractivity contribution in [2.75, 3.05) is 0 Å². The molecule has 0 amide bonds. The maximum Gasteiger partial charge on any atom is 0.391 e. The summed E-state index contributed by atoms with van der Waals surface area (Å²) in [5.41, 5.74) is 4.60. The van der Waals surface area contributed by atoms with Crippen LogP contribution in [0.25, 0.3) is 0 Å². The molecule has 1 aromatic carbocycles. The lowest BCUT2D eigenvalue weighted by molar-refractivity contribution is -0.179. The quantitative estimate of drug-likeness (QED) is 0.350. The second-order valence-corrected chi connectivity index (χ2v) is 8.96. The second-order valence-electron chi connectivity index (χ2n) is 8.96. The summed E-state index contributed by atoms with van der Waals surface area (Å²) >= 11 is 0. The predicted octanol–water partition coefficient (Wildman–Crippen LogP) is 6.12. The lowest BCUT2D eigenvalue weighted by Gasteiger charge is -2.32. The highest BCUT2D eigenvalue weighted by molar-refractivity contribution is 5.81. The molecule has 0 aromatic heterocycles. The van der Waals surface area contributed by atoms with Gasteiger partial charge in [0.1, 0.15) is 11.1 Å². The Bertz CT molecular complexity index is 638. The molecule has 0 radical (unpaired) electrons. The molecule has 0 aliphatic heterocycles. The summed E-state index contributed by atoms with van der Waals surface area (Å²) in [5, 5.41) is 0. The summed E-state index contributed by atoms with van der Waals surface area (Å²) in [4.78, 5) is 12.5. The van der Waals surface area contributed by atoms with Crippen molar-refractivity contribution in [3.05, 3.63) is 35.4 Å². The molecule has 0 heterocycles. The van der Waals surface area contributed by atoms with Gasteiger partial charge in [0.25, 0.3) is 0 Å². The number of benzene rings is 1. The van der Waals surface area contributed by atoms with Gasteiger partial charge >= 0.3 is 12.1 Å². The minimum atomic E-state index is -4.57. The van der Waals surface area contributed by atoms with Crippen LogP contribution < -0.4 is 5.73 Å². The zero-order valence-corrected chi connectivity index (χ0v) is 18.2. The summed E-state index contributed by atoms with van der Waals surface area (Å²) in [5.74, 6) is -1.02. The van der Waals surface area contributed by atoms with Gasteiger partial charge in [0.05, 0.1) is 6.42 Å². The third kappa shape index (κ3) is 10.7. The lowest BCUT2D eigenvalue weighted by atomic mass is 9.87. The van der Waals surface area contributed by atoms with E-state index in [2.05, 4.69) is 6.92 Å². The highest BCUT2D eigenvalue weighted by atomic mass is 19.4. The molecule has 6 heteroatoms. The normalized spacial score (nSPS) is 14.5. The zero-order chi connectivity index (χ0) is 22.1. The van der Waals surface area contributed by atoms with Crippen molar-refractivity contribution < 1.29 is 22.7 Å². The van der Waals surface area contributed by atoms with Gasteiger partial charge in [-0.2, -0.15) is 13.2 Å². The van der Waals surface area contributed by atoms with Crippen LogP contribution in [0.2, 0.25) is 0 Å². The Balaban J connectivity index is 2.84. The Morgan fingerprint density at radius 2 is 1.59 bits per heavy atom. The van der Waals surface area contributed by atoms with E-state index < -0.39 is 29.7 Å². The molecule has 0 saturated carbocycles. The van der Waals surface area contributed by atoms with Crippen molar-refractivity contribution in [3.8, 4) is 0 Å². The molecule has 1 aromatic rings. The molecular weight excluding hydrogens is 379 g/mol. The molecule has 0 aliphatic carbocycles. The Hall–Kier alpha value is -1.56. The first-order valence-corrected chi connectivity index (χ1v) is 10.5. The number of halogens is 3. The summed E-state index contributed by atoms with van der Waals surface area (Å²) in [7, 11) is 0. The molecule has 166 valence electrons. The topological polar surface area (TPSA) is 52.3 Å². The first-order chi connectivity index (χ1) is 13.3. The fourth-order valence-corrected chi connectivity index (χ4v) is 3.31. The zero-order valence-electron chi connectivity index (χ0n) is 18.2. The number of nitrogens with two attached hydrogens (primary N) is 1. The van der Waals surface area contributed by atoms with E-state index in [1.165, 1.54) is 25.7 Å². The van der Waals surface area contributed by atoms with Crippen molar-refractivity contribution in [2.45, 2.75) is 103 Å². The minimum absolute atomic E-state index is 0.217. The van der Waals surface area contributed by atoms with Crippen molar-refractivity contribution in [2.24, 2.45) is 5.73 Å². The van der Waals surface area contributed by atoms with E-state index in [0.29, 0.717) is 5.56 Å². The molecular formula is C23H36F3NO2. The van der Waals surface area contributed by atoms with E-state index >= 15 is 0 Å². The number of hydrogen-bond acceptors (Lipinski definition) is 3. The molecule has 0 aliphatic rings. The SMILES string of the molecule is CCCCCCCCc1cccc(C[C@](N)(CC(F)(F)F)C(=O)OC(C)(C)C)c1. The Morgan fingerprint density at radius 3 is 2.17 bits per heavy atom. The van der Waals surface area contributed by atoms with Crippen molar-refractivity contribution in [1.82, 2.24) is 0 Å². The first kappa shape index (κ1) is 25.5. The van der Waals surface area contributed by atoms with Gasteiger partial charge in [-0.1, -0.05) is 63.3 Å². The molecule has 2 N–H and O–H groups in total. The van der Waals surface area contributed by atoms with E-state index in [9.17, 15) is 18.0 Å². The van der Waals surface area contributed by atoms with Crippen molar-refractivity contribution >= 4 is 5.97 Å². The Morgan fingerprint density at radius 1 is 1.00 bits per heavy atom. The van der Waals surface area contributed by atoms with Gasteiger partial charge in [-0.15, -0.1) is 0 Å². The highest BCUT2D eigenvalue weighted by Crippen LogP contribution is 2.31. The van der Waals surface area contributed by atoms with Crippen LogP contribution in [0.15, 0.2) is 24.3 Å². The first-order valence-electron chi connectivity index (χ1n) is 10.5. The number of carbonyl (C=O) groups excluding carboxylic acids is 1. The molecule has 0 spiro atoms. The number of aryl methyl sites for hydroxylation is 1. The molecule has 1 atom stereocenters. The molecule has 0 fully saturated rings. The standard InChI is InChI=1S/C23H36F3NO2/c1-5-6-7-8-9-10-12-18-13-11-14-19(15-18)16-22(27,17-23(24,25)26)20(28)29-21(2,3)4/h11,13-15H,5-10,12,16-17,27H2,1-4H3/t22-/m0/s1. The Labute approximate surface area is 173 Å². The number of unbranched alkanes of at least 4 members (excludes halogenated alkanes) is 5. The van der Waals surface area contributed by atoms with Crippen molar-refractivity contribution in [3.63, 3.8) is 0 Å². The molecule has 29 heavy (non-hydrogen) atoms. The van der Waals surface area contributed by atoms with Crippen LogP contribution in [0.5, 0.6) is 0 Å². The number of hydrogen-bond donors (Lipinski definition) is 1. The van der Waals surface area contributed by atoms with Gasteiger partial charge in [-0.25, -0.2) is 0 Å². The average Bonchev–Trinajstić information content (AvgIpc) is 2.55. The second kappa shape index (κ2) is 11.0. The lowest BCUT2D eigenvalue weighted by Crippen LogP contribution is -2.55. The van der Waals surface area contributed by atoms with Gasteiger partial charge in [0, 0.05) is 6.42 Å². The van der Waals surface area contributed by atoms with Crippen LogP contribution in [-0.2, 0) is 22.4 Å². The number of esters is 1. The van der Waals surface area contributed by atoms with Crippen LogP contribution in [-0.4, -0.2) is 23.3 Å². The minimum Gasteiger partial charge on any atom is -0.459 e. The van der Waals surface area contributed by atoms with E-state index in [1.807, 2.05) is 18.2 Å². The number of ether oxygens (including phenoxy) is 1. The Kier molecular flexibility index (Phi) is 9.66. The largest absolute Gasteiger partial charge is 0.459 e. The smallest absolute Gasteiger partial charge is 0.391 e. The fraction of sp³-hybridized carbons (Fsp3) is 0.696. The number of carbonyl (C=O) groups is 1. The van der Waals surface area contributed by atoms with Crippen molar-refractivity contribution in [1.29, 1.82) is 0 Å². The number of alkyl halides is 3. The van der Waals surface area contributed by atoms with E-state index in [4.69, 9.17) is 10.5 Å². The van der Waals surface area contributed by atoms with Gasteiger partial charge in [-0.05, 0) is 44.7 Å². The average molecular weight is 416 g/mol. The van der Waals surface area contributed by atoms with Crippen LogP contribution >= 0.6 is 0 Å². The van der Waals surface area contributed by atoms with E-state index in [1.54, 1.807) is 26.8 Å². The van der Waals surface area contributed by atoms with Gasteiger partial charge < -0.3 is 10.5 Å². The summed E-state index contributed by atoms with van der Waals surface area (Å²) in [6, 6.07) is 7.34. The summed E-state index contributed by atoms with van der Waals surface area (Å²) < 4.78 is 44.6. The van der Waals surface area contributed by atoms with E-state index in [-0.39, 0.29) is 6.42 Å². The molecule has 1 rings (SSSR count). The maximum atomic E-state index is 13.1. The highest BCUT2D eigenvalue weighted by Gasteiger charge is 2.47. The van der Waals surface area contributed by atoms with Gasteiger partial charge in [0.2, 0.25) is 0 Å². The van der Waals surface area contributed by atoms with Crippen LogP contribution in [0.4, 0.5) is 13.2 Å². The molecule has 0 unspecified atom stereocenters. The summed E-state index contributed by atoms with van der Waals surface area (Å²) in [6.07, 6.45) is 1.72. The van der Waals surface area contributed by atoms with Crippen LogP contribution in [0.3, 0.4) is 0 Å². The fourth-order valence-electron chi connectivity index (χ4n) is 3.31. The predicted molar refractivity (Wildman–Crippen MR) is 111 cm³/mol. The molecule has 0 bridgehead atoms. The third-order valence-corrected chi connectivity index (χ3v) is 4.65. The van der Waals surface area contributed by atoms with Crippen LogP contribution in [0.1, 0.15) is 83.8 Å². The third-order valence-electron chi connectivity index (χ3n) is 4.65. The van der Waals surface area contributed by atoms with Crippen LogP contribution in [0, 0.1) is 0 Å². The van der Waals surface area contributed by atoms with Gasteiger partial charge in [-0.3, -0.25) is 4.79 Å². The molecule has 3 nitrogen and oxygen atoms in total. The number of rotatable bonds is 11. The van der Waals surface area contributed by atoms with E-state index in [0.717, 1.165) is 24.8 Å². The molecule has 0 saturated heterocycles. The van der Waals surface area contributed by atoms with Gasteiger partial charge in [0.15, 0.2) is 0 Å². The maximum absolute atomic E-state index is 13.1. The monoisotopic (exact) mass is 415 g/mol.